The second kappa shape index (κ2) is 7.38. The molecule has 2 rings (SSSR count). The fourth-order valence-corrected chi connectivity index (χ4v) is 4.56. The summed E-state index contributed by atoms with van der Waals surface area (Å²) in [4.78, 5) is 12.2. The fraction of sp³-hybridized carbons (Fsp3) is 0.312. The molecular weight excluding hydrogens is 423 g/mol. The van der Waals surface area contributed by atoms with Crippen molar-refractivity contribution in [1.82, 2.24) is 9.29 Å². The molecule has 0 aliphatic heterocycles. The van der Waals surface area contributed by atoms with E-state index in [4.69, 9.17) is 23.2 Å². The third-order valence-corrected chi connectivity index (χ3v) is 5.93. The number of aromatic nitrogens is 1. The lowest BCUT2D eigenvalue weighted by molar-refractivity contribution is 0.101. The van der Waals surface area contributed by atoms with E-state index in [0.717, 1.165) is 12.1 Å². The van der Waals surface area contributed by atoms with E-state index in [1.807, 2.05) is 0 Å². The van der Waals surface area contributed by atoms with Crippen LogP contribution in [0.15, 0.2) is 23.2 Å². The van der Waals surface area contributed by atoms with Crippen LogP contribution >= 0.6 is 23.2 Å². The van der Waals surface area contributed by atoms with Gasteiger partial charge in [0.05, 0.1) is 10.7 Å². The van der Waals surface area contributed by atoms with Crippen molar-refractivity contribution in [1.29, 1.82) is 0 Å². The van der Waals surface area contributed by atoms with Gasteiger partial charge in [-0.05, 0) is 32.9 Å². The number of carbonyl (C=O) groups excluding carboxylic acids is 1. The van der Waals surface area contributed by atoms with E-state index in [-0.39, 0.29) is 21.3 Å². The molecule has 11 heteroatoms. The van der Waals surface area contributed by atoms with Gasteiger partial charge >= 0.3 is 0 Å². The summed E-state index contributed by atoms with van der Waals surface area (Å²) in [6.07, 6.45) is 1.17. The molecule has 0 aliphatic carbocycles. The van der Waals surface area contributed by atoms with Gasteiger partial charge in [-0.1, -0.05) is 23.2 Å². The standard InChI is InChI=1S/C16H17Cl2F2N3O3S/c1-16(2,3)22-27(25,26)10-7-23(4)14(12(10)18)15(24)21-9-6-5-8(19)11(17)13(9)20/h5-7,22H,1-4H3,(H,21,24). The van der Waals surface area contributed by atoms with Crippen LogP contribution in [0.4, 0.5) is 14.5 Å². The number of amides is 1. The lowest BCUT2D eigenvalue weighted by Gasteiger charge is -2.19. The van der Waals surface area contributed by atoms with E-state index in [1.54, 1.807) is 20.8 Å². The minimum absolute atomic E-state index is 0.217. The van der Waals surface area contributed by atoms with Crippen LogP contribution in [0.25, 0.3) is 0 Å². The maximum atomic E-state index is 14.0. The van der Waals surface area contributed by atoms with Gasteiger partial charge < -0.3 is 9.88 Å². The number of nitrogens with one attached hydrogen (secondary N) is 2. The lowest BCUT2D eigenvalue weighted by Crippen LogP contribution is -2.40. The topological polar surface area (TPSA) is 80.2 Å². The summed E-state index contributed by atoms with van der Waals surface area (Å²) >= 11 is 11.6. The summed E-state index contributed by atoms with van der Waals surface area (Å²) in [5, 5.41) is 1.10. The Morgan fingerprint density at radius 2 is 1.74 bits per heavy atom. The number of nitrogens with zero attached hydrogens (tertiary/aromatic N) is 1. The Morgan fingerprint density at radius 1 is 1.15 bits per heavy atom. The predicted molar refractivity (Wildman–Crippen MR) is 99.8 cm³/mol. The Morgan fingerprint density at radius 3 is 2.30 bits per heavy atom. The molecule has 6 nitrogen and oxygen atoms in total. The number of benzene rings is 1. The van der Waals surface area contributed by atoms with Crippen LogP contribution in [0.1, 0.15) is 31.3 Å². The smallest absolute Gasteiger partial charge is 0.273 e. The quantitative estimate of drug-likeness (QED) is 0.707. The van der Waals surface area contributed by atoms with Crippen molar-refractivity contribution >= 4 is 44.8 Å². The zero-order valence-corrected chi connectivity index (χ0v) is 17.2. The third-order valence-electron chi connectivity index (χ3n) is 3.32. The molecule has 0 saturated carbocycles. The molecule has 0 saturated heterocycles. The number of hydrogen-bond acceptors (Lipinski definition) is 3. The maximum absolute atomic E-state index is 14.0. The SMILES string of the molecule is Cn1cc(S(=O)(=O)NC(C)(C)C)c(Cl)c1C(=O)Nc1ccc(F)c(Cl)c1F. The van der Waals surface area contributed by atoms with Crippen LogP contribution in [0.3, 0.4) is 0 Å². The summed E-state index contributed by atoms with van der Waals surface area (Å²) in [5.41, 5.74) is -1.36. The van der Waals surface area contributed by atoms with Gasteiger partial charge in [0.15, 0.2) is 5.82 Å². The lowest BCUT2D eigenvalue weighted by atomic mass is 10.1. The molecule has 0 spiro atoms. The van der Waals surface area contributed by atoms with Crippen molar-refractivity contribution in [2.24, 2.45) is 7.05 Å². The van der Waals surface area contributed by atoms with Gasteiger partial charge in [-0.2, -0.15) is 0 Å². The number of hydrogen-bond donors (Lipinski definition) is 2. The van der Waals surface area contributed by atoms with Crippen LogP contribution < -0.4 is 10.0 Å². The first-order valence-corrected chi connectivity index (χ1v) is 9.82. The Kier molecular flexibility index (Phi) is 5.91. The molecule has 0 radical (unpaired) electrons. The largest absolute Gasteiger partial charge is 0.344 e. The Balaban J connectivity index is 2.42. The Labute approximate surface area is 165 Å². The molecule has 1 heterocycles. The average molecular weight is 440 g/mol. The van der Waals surface area contributed by atoms with Gasteiger partial charge in [0.1, 0.15) is 21.4 Å². The first kappa shape index (κ1) is 21.6. The Hall–Kier alpha value is -1.68. The minimum Gasteiger partial charge on any atom is -0.344 e. The van der Waals surface area contributed by atoms with Crippen LogP contribution in [-0.4, -0.2) is 24.4 Å². The molecule has 0 fully saturated rings. The predicted octanol–water partition coefficient (Wildman–Crippen LogP) is 3.94. The van der Waals surface area contributed by atoms with Crippen molar-refractivity contribution < 1.29 is 22.0 Å². The molecule has 0 atom stereocenters. The number of sulfonamides is 1. The molecule has 0 aliphatic rings. The summed E-state index contributed by atoms with van der Waals surface area (Å²) in [6, 6.07) is 1.88. The normalized spacial score (nSPS) is 12.3. The van der Waals surface area contributed by atoms with Crippen molar-refractivity contribution in [3.05, 3.63) is 45.7 Å². The first-order chi connectivity index (χ1) is 12.2. The van der Waals surface area contributed by atoms with Crippen LogP contribution in [0, 0.1) is 11.6 Å². The van der Waals surface area contributed by atoms with E-state index in [1.165, 1.54) is 17.8 Å². The van der Waals surface area contributed by atoms with E-state index in [2.05, 4.69) is 10.0 Å². The highest BCUT2D eigenvalue weighted by Crippen LogP contribution is 2.30. The number of rotatable bonds is 4. The van der Waals surface area contributed by atoms with Crippen molar-refractivity contribution in [3.8, 4) is 0 Å². The average Bonchev–Trinajstić information content (AvgIpc) is 2.81. The van der Waals surface area contributed by atoms with Gasteiger partial charge in [0.25, 0.3) is 5.91 Å². The minimum atomic E-state index is -4.00. The number of anilines is 1. The molecule has 2 N–H and O–H groups in total. The summed E-state index contributed by atoms with van der Waals surface area (Å²) in [5.74, 6) is -3.02. The highest BCUT2D eigenvalue weighted by atomic mass is 35.5. The zero-order valence-electron chi connectivity index (χ0n) is 14.8. The Bertz CT molecular complexity index is 1010. The van der Waals surface area contributed by atoms with Crippen molar-refractivity contribution in [3.63, 3.8) is 0 Å². The van der Waals surface area contributed by atoms with Crippen LogP contribution in [0.2, 0.25) is 10.0 Å². The molecule has 27 heavy (non-hydrogen) atoms. The van der Waals surface area contributed by atoms with Crippen LogP contribution in [0.5, 0.6) is 0 Å². The highest BCUT2D eigenvalue weighted by molar-refractivity contribution is 7.89. The zero-order chi connectivity index (χ0) is 20.7. The number of aryl methyl sites for hydroxylation is 1. The maximum Gasteiger partial charge on any atom is 0.273 e. The molecule has 0 unspecified atom stereocenters. The van der Waals surface area contributed by atoms with Crippen molar-refractivity contribution in [2.75, 3.05) is 5.32 Å². The van der Waals surface area contributed by atoms with Crippen LogP contribution in [-0.2, 0) is 17.1 Å². The number of carbonyl (C=O) groups is 1. The molecule has 2 aromatic rings. The van der Waals surface area contributed by atoms with Gasteiger partial charge in [-0.25, -0.2) is 21.9 Å². The first-order valence-electron chi connectivity index (χ1n) is 7.58. The summed E-state index contributed by atoms with van der Waals surface area (Å²) < 4.78 is 55.8. The molecule has 1 aromatic heterocycles. The van der Waals surface area contributed by atoms with Gasteiger partial charge in [-0.15, -0.1) is 0 Å². The second-order valence-electron chi connectivity index (χ2n) is 6.80. The fourth-order valence-electron chi connectivity index (χ4n) is 2.28. The molecule has 1 aromatic carbocycles. The third kappa shape index (κ3) is 4.60. The molecule has 0 bridgehead atoms. The van der Waals surface area contributed by atoms with Gasteiger partial charge in [0, 0.05) is 18.8 Å². The van der Waals surface area contributed by atoms with Gasteiger partial charge in [0.2, 0.25) is 10.0 Å². The van der Waals surface area contributed by atoms with E-state index in [0.29, 0.717) is 0 Å². The monoisotopic (exact) mass is 439 g/mol. The van der Waals surface area contributed by atoms with Crippen molar-refractivity contribution in [2.45, 2.75) is 31.2 Å². The summed E-state index contributed by atoms with van der Waals surface area (Å²) in [7, 11) is -2.60. The summed E-state index contributed by atoms with van der Waals surface area (Å²) in [6.45, 7) is 4.95. The van der Waals surface area contributed by atoms with E-state index < -0.39 is 38.1 Å². The number of halogens is 4. The molecule has 1 amide bonds. The second-order valence-corrected chi connectivity index (χ2v) is 9.21. The van der Waals surface area contributed by atoms with Gasteiger partial charge in [-0.3, -0.25) is 4.79 Å². The highest BCUT2D eigenvalue weighted by Gasteiger charge is 2.30. The van der Waals surface area contributed by atoms with E-state index in [9.17, 15) is 22.0 Å². The molecule has 148 valence electrons. The van der Waals surface area contributed by atoms with E-state index >= 15 is 0 Å². The molecular formula is C16H17Cl2F2N3O3S.